The molecule has 0 aliphatic rings. The van der Waals surface area contributed by atoms with Crippen molar-refractivity contribution < 1.29 is 13.3 Å². The number of hydrogen-bond acceptors (Lipinski definition) is 6. The van der Waals surface area contributed by atoms with Crippen molar-refractivity contribution in [3.8, 4) is 0 Å². The number of hydrogen-bond donors (Lipinski definition) is 2. The summed E-state index contributed by atoms with van der Waals surface area (Å²) in [5, 5.41) is 17.5. The zero-order valence-corrected chi connectivity index (χ0v) is 15.0. The molecule has 0 heterocycles. The summed E-state index contributed by atoms with van der Waals surface area (Å²) in [6, 6.07) is 11.6. The third-order valence-corrected chi connectivity index (χ3v) is 4.72. The zero-order chi connectivity index (χ0) is 18.4. The molecule has 25 heavy (non-hydrogen) atoms. The summed E-state index contributed by atoms with van der Waals surface area (Å²) in [5.41, 5.74) is 2.01. The van der Waals surface area contributed by atoms with Gasteiger partial charge in [-0.15, -0.1) is 0 Å². The van der Waals surface area contributed by atoms with Crippen molar-refractivity contribution in [2.24, 2.45) is 0 Å². The van der Waals surface area contributed by atoms with Crippen LogP contribution in [0.2, 0.25) is 0 Å². The second kappa shape index (κ2) is 7.98. The smallest absolute Gasteiger partial charge is 0.293 e. The van der Waals surface area contributed by atoms with E-state index in [9.17, 15) is 18.5 Å². The average molecular weight is 363 g/mol. The number of anilines is 2. The van der Waals surface area contributed by atoms with Gasteiger partial charge >= 0.3 is 0 Å². The van der Waals surface area contributed by atoms with Crippen LogP contribution in [-0.2, 0) is 16.4 Å². The Bertz CT molecular complexity index is 849. The van der Waals surface area contributed by atoms with Crippen LogP contribution >= 0.6 is 0 Å². The lowest BCUT2D eigenvalue weighted by molar-refractivity contribution is -0.384. The monoisotopic (exact) mass is 363 g/mol. The largest absolute Gasteiger partial charge is 0.385 e. The maximum absolute atomic E-state index is 11.6. The van der Waals surface area contributed by atoms with Gasteiger partial charge in [-0.3, -0.25) is 10.1 Å². The molecule has 134 valence electrons. The lowest BCUT2D eigenvalue weighted by atomic mass is 10.2. The number of nitro groups is 1. The molecule has 0 spiro atoms. The molecular weight excluding hydrogens is 342 g/mol. The number of sulfone groups is 1. The van der Waals surface area contributed by atoms with Gasteiger partial charge in [-0.1, -0.05) is 19.1 Å². The van der Waals surface area contributed by atoms with E-state index in [4.69, 9.17) is 0 Å². The molecule has 2 aromatic carbocycles. The van der Waals surface area contributed by atoms with Crippen LogP contribution < -0.4 is 10.6 Å². The van der Waals surface area contributed by atoms with Crippen LogP contribution in [-0.4, -0.2) is 26.1 Å². The molecule has 0 radical (unpaired) electrons. The first-order valence-corrected chi connectivity index (χ1v) is 9.75. The highest BCUT2D eigenvalue weighted by Crippen LogP contribution is 2.28. The molecule has 0 saturated heterocycles. The third-order valence-electron chi connectivity index (χ3n) is 3.61. The van der Waals surface area contributed by atoms with Gasteiger partial charge < -0.3 is 10.6 Å². The molecule has 2 rings (SSSR count). The molecule has 0 amide bonds. The fourth-order valence-electron chi connectivity index (χ4n) is 2.25. The van der Waals surface area contributed by atoms with Crippen molar-refractivity contribution in [1.82, 2.24) is 0 Å². The van der Waals surface area contributed by atoms with Crippen molar-refractivity contribution in [1.29, 1.82) is 0 Å². The van der Waals surface area contributed by atoms with Gasteiger partial charge in [0.05, 0.1) is 9.82 Å². The molecule has 0 unspecified atom stereocenters. The van der Waals surface area contributed by atoms with E-state index in [2.05, 4.69) is 17.6 Å². The highest BCUT2D eigenvalue weighted by atomic mass is 32.2. The first-order chi connectivity index (χ1) is 11.8. The molecule has 0 saturated carbocycles. The maximum Gasteiger partial charge on any atom is 0.293 e. The Balaban J connectivity index is 2.13. The third kappa shape index (κ3) is 5.18. The minimum atomic E-state index is -3.49. The Morgan fingerprint density at radius 3 is 2.32 bits per heavy atom. The molecule has 0 aromatic heterocycles. The van der Waals surface area contributed by atoms with Crippen LogP contribution in [0.1, 0.15) is 18.9 Å². The Morgan fingerprint density at radius 2 is 1.76 bits per heavy atom. The molecule has 8 heteroatoms. The lowest BCUT2D eigenvalue weighted by Crippen LogP contribution is -2.05. The van der Waals surface area contributed by atoms with Crippen molar-refractivity contribution in [2.45, 2.75) is 24.8 Å². The van der Waals surface area contributed by atoms with Gasteiger partial charge in [-0.25, -0.2) is 8.42 Å². The van der Waals surface area contributed by atoms with E-state index in [-0.39, 0.29) is 16.3 Å². The quantitative estimate of drug-likeness (QED) is 0.550. The minimum absolute atomic E-state index is 0.0731. The summed E-state index contributed by atoms with van der Waals surface area (Å²) in [5.74, 6) is 0. The van der Waals surface area contributed by atoms with Gasteiger partial charge in [0.2, 0.25) is 0 Å². The molecule has 0 bridgehead atoms. The predicted molar refractivity (Wildman–Crippen MR) is 98.8 cm³/mol. The SMILES string of the molecule is CCCNc1ccc(CNc2ccc(S(C)(=O)=O)cc2[N+](=O)[O-])cc1. The summed E-state index contributed by atoms with van der Waals surface area (Å²) in [7, 11) is -3.49. The van der Waals surface area contributed by atoms with Crippen LogP contribution in [0, 0.1) is 10.1 Å². The summed E-state index contributed by atoms with van der Waals surface area (Å²) in [4.78, 5) is 10.6. The Morgan fingerprint density at radius 1 is 1.08 bits per heavy atom. The van der Waals surface area contributed by atoms with Crippen molar-refractivity contribution in [2.75, 3.05) is 23.4 Å². The standard InChI is InChI=1S/C17H21N3O4S/c1-3-10-18-14-6-4-13(5-7-14)12-19-16-9-8-15(25(2,23)24)11-17(16)20(21)22/h4-9,11,18-19H,3,10,12H2,1-2H3. The van der Waals surface area contributed by atoms with E-state index in [1.165, 1.54) is 12.1 Å². The van der Waals surface area contributed by atoms with Gasteiger partial charge in [-0.2, -0.15) is 0 Å². The fraction of sp³-hybridized carbons (Fsp3) is 0.294. The Labute approximate surface area is 147 Å². The Kier molecular flexibility index (Phi) is 5.97. The molecule has 2 N–H and O–H groups in total. The second-order valence-electron chi connectivity index (χ2n) is 5.69. The first-order valence-electron chi connectivity index (χ1n) is 7.86. The van der Waals surface area contributed by atoms with Crippen molar-refractivity contribution in [3.63, 3.8) is 0 Å². The topological polar surface area (TPSA) is 101 Å². The van der Waals surface area contributed by atoms with E-state index >= 15 is 0 Å². The van der Waals surface area contributed by atoms with Gasteiger partial charge in [0.25, 0.3) is 5.69 Å². The summed E-state index contributed by atoms with van der Waals surface area (Å²) < 4.78 is 23.1. The molecule has 0 aliphatic carbocycles. The zero-order valence-electron chi connectivity index (χ0n) is 14.2. The van der Waals surface area contributed by atoms with Crippen LogP contribution in [0.25, 0.3) is 0 Å². The van der Waals surface area contributed by atoms with Crippen LogP contribution in [0.3, 0.4) is 0 Å². The number of nitro benzene ring substituents is 1. The van der Waals surface area contributed by atoms with Gasteiger partial charge in [0.15, 0.2) is 9.84 Å². The van der Waals surface area contributed by atoms with Crippen LogP contribution in [0.5, 0.6) is 0 Å². The Hall–Kier alpha value is -2.61. The minimum Gasteiger partial charge on any atom is -0.385 e. The predicted octanol–water partition coefficient (Wildman–Crippen LogP) is 3.43. The second-order valence-corrected chi connectivity index (χ2v) is 7.70. The van der Waals surface area contributed by atoms with E-state index in [1.54, 1.807) is 0 Å². The van der Waals surface area contributed by atoms with Gasteiger partial charge in [0.1, 0.15) is 5.69 Å². The highest BCUT2D eigenvalue weighted by molar-refractivity contribution is 7.90. The average Bonchev–Trinajstić information content (AvgIpc) is 2.58. The number of benzene rings is 2. The normalized spacial score (nSPS) is 11.1. The van der Waals surface area contributed by atoms with Gasteiger partial charge in [0, 0.05) is 31.1 Å². The molecule has 0 atom stereocenters. The number of nitrogens with zero attached hydrogens (tertiary/aromatic N) is 1. The van der Waals surface area contributed by atoms with E-state index in [0.29, 0.717) is 6.54 Å². The summed E-state index contributed by atoms with van der Waals surface area (Å²) in [6.45, 7) is 3.39. The molecule has 0 aliphatic heterocycles. The highest BCUT2D eigenvalue weighted by Gasteiger charge is 2.18. The van der Waals surface area contributed by atoms with Crippen molar-refractivity contribution >= 4 is 26.9 Å². The van der Waals surface area contributed by atoms with Crippen LogP contribution in [0.4, 0.5) is 17.1 Å². The number of rotatable bonds is 8. The summed E-state index contributed by atoms with van der Waals surface area (Å²) in [6.07, 6.45) is 2.06. The molecular formula is C17H21N3O4S. The van der Waals surface area contributed by atoms with E-state index in [1.807, 2.05) is 24.3 Å². The van der Waals surface area contributed by atoms with E-state index in [0.717, 1.165) is 36.5 Å². The maximum atomic E-state index is 11.6. The van der Waals surface area contributed by atoms with E-state index < -0.39 is 14.8 Å². The van der Waals surface area contributed by atoms with Gasteiger partial charge in [-0.05, 0) is 36.2 Å². The summed E-state index contributed by atoms with van der Waals surface area (Å²) >= 11 is 0. The van der Waals surface area contributed by atoms with Crippen molar-refractivity contribution in [3.05, 3.63) is 58.1 Å². The molecule has 7 nitrogen and oxygen atoms in total. The van der Waals surface area contributed by atoms with Crippen LogP contribution in [0.15, 0.2) is 47.4 Å². The molecule has 2 aromatic rings. The lowest BCUT2D eigenvalue weighted by Gasteiger charge is -2.10. The number of nitrogens with one attached hydrogen (secondary N) is 2. The molecule has 0 fully saturated rings. The first kappa shape index (κ1) is 18.7. The fourth-order valence-corrected chi connectivity index (χ4v) is 2.89.